The number of hydrogen-bond donors (Lipinski definition) is 0. The number of benzene rings is 1. The first-order valence-electron chi connectivity index (χ1n) is 8.95. The largest absolute Gasteiger partial charge is 0.455 e. The van der Waals surface area contributed by atoms with Crippen molar-refractivity contribution in [1.82, 2.24) is 9.38 Å². The number of carbonyl (C=O) groups excluding carboxylic acids is 1. The average Bonchev–Trinajstić information content (AvgIpc) is 3.30. The highest BCUT2D eigenvalue weighted by Gasteiger charge is 2.22. The van der Waals surface area contributed by atoms with Gasteiger partial charge in [0.1, 0.15) is 11.5 Å². The lowest BCUT2D eigenvalue weighted by atomic mass is 9.91. The number of carbonyl (C=O) groups is 1. The molecule has 1 aromatic carbocycles. The Kier molecular flexibility index (Phi) is 4.14. The molecule has 0 saturated heterocycles. The van der Waals surface area contributed by atoms with Crippen molar-refractivity contribution in [3.8, 4) is 10.4 Å². The molecule has 140 valence electrons. The van der Waals surface area contributed by atoms with Crippen molar-refractivity contribution in [3.63, 3.8) is 0 Å². The van der Waals surface area contributed by atoms with E-state index in [2.05, 4.69) is 17.1 Å². The van der Waals surface area contributed by atoms with Crippen molar-refractivity contribution in [1.29, 1.82) is 0 Å². The minimum absolute atomic E-state index is 0.0132. The van der Waals surface area contributed by atoms with Crippen molar-refractivity contribution in [3.05, 3.63) is 79.5 Å². The molecule has 5 rings (SSSR count). The Morgan fingerprint density at radius 2 is 2.04 bits per heavy atom. The first kappa shape index (κ1) is 17.3. The Morgan fingerprint density at radius 3 is 2.93 bits per heavy atom. The summed E-state index contributed by atoms with van der Waals surface area (Å²) in [5.41, 5.74) is 4.89. The fraction of sp³-hybridized carbons (Fsp3) is 0.190. The number of thiophene rings is 1. The molecule has 1 aliphatic rings. The number of esters is 1. The third-order valence-corrected chi connectivity index (χ3v) is 7.05. The summed E-state index contributed by atoms with van der Waals surface area (Å²) in [6, 6.07) is 11.7. The second-order valence-electron chi connectivity index (χ2n) is 6.78. The molecule has 3 aromatic heterocycles. The van der Waals surface area contributed by atoms with Crippen LogP contribution < -0.4 is 5.56 Å². The highest BCUT2D eigenvalue weighted by Crippen LogP contribution is 2.39. The zero-order chi connectivity index (χ0) is 19.3. The van der Waals surface area contributed by atoms with Crippen molar-refractivity contribution < 1.29 is 9.53 Å². The molecule has 28 heavy (non-hydrogen) atoms. The summed E-state index contributed by atoms with van der Waals surface area (Å²) >= 11 is 2.87. The third kappa shape index (κ3) is 2.87. The van der Waals surface area contributed by atoms with E-state index in [1.165, 1.54) is 45.4 Å². The van der Waals surface area contributed by atoms with Crippen LogP contribution >= 0.6 is 22.7 Å². The van der Waals surface area contributed by atoms with Gasteiger partial charge in [-0.25, -0.2) is 9.78 Å². The van der Waals surface area contributed by atoms with Gasteiger partial charge in [0.2, 0.25) is 0 Å². The predicted octanol–water partition coefficient (Wildman–Crippen LogP) is 4.25. The van der Waals surface area contributed by atoms with Gasteiger partial charge in [-0.3, -0.25) is 9.20 Å². The Hall–Kier alpha value is -2.77. The van der Waals surface area contributed by atoms with Crippen molar-refractivity contribution in [2.75, 3.05) is 0 Å². The number of hydrogen-bond acceptors (Lipinski definition) is 6. The molecular formula is C21H16N2O3S2. The van der Waals surface area contributed by atoms with Gasteiger partial charge in [-0.05, 0) is 42.5 Å². The van der Waals surface area contributed by atoms with E-state index in [-0.39, 0.29) is 18.1 Å². The number of aryl methyl sites for hydroxylation is 3. The van der Waals surface area contributed by atoms with E-state index in [1.807, 2.05) is 30.5 Å². The molecule has 1 aliphatic carbocycles. The Bertz CT molecular complexity index is 1280. The lowest BCUT2D eigenvalue weighted by Gasteiger charge is -2.15. The van der Waals surface area contributed by atoms with E-state index in [0.29, 0.717) is 15.5 Å². The van der Waals surface area contributed by atoms with Crippen LogP contribution in [-0.4, -0.2) is 15.4 Å². The van der Waals surface area contributed by atoms with Crippen LogP contribution in [0.15, 0.2) is 46.6 Å². The summed E-state index contributed by atoms with van der Waals surface area (Å²) in [7, 11) is 0. The number of nitrogens with zero attached hydrogens (tertiary/aromatic N) is 2. The van der Waals surface area contributed by atoms with E-state index >= 15 is 0 Å². The van der Waals surface area contributed by atoms with Gasteiger partial charge in [0.05, 0.1) is 5.69 Å². The Morgan fingerprint density at radius 1 is 1.21 bits per heavy atom. The van der Waals surface area contributed by atoms with Gasteiger partial charge in [-0.1, -0.05) is 24.3 Å². The highest BCUT2D eigenvalue weighted by molar-refractivity contribution is 7.17. The van der Waals surface area contributed by atoms with Gasteiger partial charge in [0, 0.05) is 22.0 Å². The molecule has 0 spiro atoms. The predicted molar refractivity (Wildman–Crippen MR) is 110 cm³/mol. The highest BCUT2D eigenvalue weighted by atomic mass is 32.1. The molecule has 0 aliphatic heterocycles. The van der Waals surface area contributed by atoms with Crippen LogP contribution in [-0.2, 0) is 24.2 Å². The first-order valence-corrected chi connectivity index (χ1v) is 10.6. The van der Waals surface area contributed by atoms with Gasteiger partial charge < -0.3 is 4.74 Å². The standard InChI is InChI=1S/C21H16N2O3S2/c1-12-11-27-21-22-15(9-18(24)23(12)21)10-26-20(25)17-8-14-7-6-13-4-2-3-5-16(13)19(14)28-17/h2-5,8-9,11H,6-7,10H2,1H3. The van der Waals surface area contributed by atoms with E-state index in [9.17, 15) is 9.59 Å². The molecular weight excluding hydrogens is 392 g/mol. The van der Waals surface area contributed by atoms with Crippen LogP contribution in [0.5, 0.6) is 0 Å². The lowest BCUT2D eigenvalue weighted by Crippen LogP contribution is -2.16. The van der Waals surface area contributed by atoms with E-state index in [4.69, 9.17) is 4.74 Å². The molecule has 0 atom stereocenters. The van der Waals surface area contributed by atoms with Gasteiger partial charge in [-0.2, -0.15) is 0 Å². The summed E-state index contributed by atoms with van der Waals surface area (Å²) in [4.78, 5) is 31.6. The van der Waals surface area contributed by atoms with E-state index in [0.717, 1.165) is 23.4 Å². The number of fused-ring (bicyclic) bond motifs is 4. The Balaban J connectivity index is 1.37. The second-order valence-corrected chi connectivity index (χ2v) is 8.67. The number of thiazole rings is 1. The topological polar surface area (TPSA) is 60.7 Å². The molecule has 5 nitrogen and oxygen atoms in total. The molecule has 0 amide bonds. The van der Waals surface area contributed by atoms with Crippen LogP contribution in [0.3, 0.4) is 0 Å². The summed E-state index contributed by atoms with van der Waals surface area (Å²) in [6.45, 7) is 1.85. The van der Waals surface area contributed by atoms with Gasteiger partial charge in [0.25, 0.3) is 5.56 Å². The smallest absolute Gasteiger partial charge is 0.348 e. The zero-order valence-electron chi connectivity index (χ0n) is 15.1. The third-order valence-electron chi connectivity index (χ3n) is 4.92. The summed E-state index contributed by atoms with van der Waals surface area (Å²) < 4.78 is 7.01. The fourth-order valence-electron chi connectivity index (χ4n) is 3.56. The zero-order valence-corrected chi connectivity index (χ0v) is 16.7. The number of rotatable bonds is 3. The summed E-state index contributed by atoms with van der Waals surface area (Å²) in [6.07, 6.45) is 1.92. The van der Waals surface area contributed by atoms with Crippen LogP contribution in [0.2, 0.25) is 0 Å². The monoisotopic (exact) mass is 408 g/mol. The second kappa shape index (κ2) is 6.68. The molecule has 7 heteroatoms. The average molecular weight is 409 g/mol. The maximum absolute atomic E-state index is 12.6. The maximum atomic E-state index is 12.6. The quantitative estimate of drug-likeness (QED) is 0.476. The summed E-state index contributed by atoms with van der Waals surface area (Å²) in [5, 5.41) is 1.88. The van der Waals surface area contributed by atoms with Gasteiger partial charge in [-0.15, -0.1) is 22.7 Å². The van der Waals surface area contributed by atoms with Crippen molar-refractivity contribution in [2.45, 2.75) is 26.4 Å². The van der Waals surface area contributed by atoms with Crippen molar-refractivity contribution in [2.24, 2.45) is 0 Å². The molecule has 0 unspecified atom stereocenters. The molecule has 3 heterocycles. The van der Waals surface area contributed by atoms with Crippen LogP contribution in [0.1, 0.15) is 32.2 Å². The van der Waals surface area contributed by atoms with Crippen LogP contribution in [0, 0.1) is 6.92 Å². The SMILES string of the molecule is Cc1csc2nc(COC(=O)c3cc4c(s3)-c3ccccc3CC4)cc(=O)n12. The van der Waals surface area contributed by atoms with Crippen LogP contribution in [0.25, 0.3) is 15.4 Å². The molecule has 0 saturated carbocycles. The van der Waals surface area contributed by atoms with Crippen LogP contribution in [0.4, 0.5) is 0 Å². The van der Waals surface area contributed by atoms with E-state index in [1.54, 1.807) is 4.40 Å². The van der Waals surface area contributed by atoms with Gasteiger partial charge in [0.15, 0.2) is 4.96 Å². The fourth-order valence-corrected chi connectivity index (χ4v) is 5.61. The summed E-state index contributed by atoms with van der Waals surface area (Å²) in [5.74, 6) is -0.374. The molecule has 0 N–H and O–H groups in total. The molecule has 0 bridgehead atoms. The maximum Gasteiger partial charge on any atom is 0.348 e. The first-order chi connectivity index (χ1) is 13.6. The van der Waals surface area contributed by atoms with Gasteiger partial charge >= 0.3 is 5.97 Å². The number of ether oxygens (including phenoxy) is 1. The molecule has 0 radical (unpaired) electrons. The molecule has 4 aromatic rings. The normalized spacial score (nSPS) is 12.6. The minimum atomic E-state index is -0.374. The van der Waals surface area contributed by atoms with Crippen molar-refractivity contribution >= 4 is 33.6 Å². The van der Waals surface area contributed by atoms with E-state index < -0.39 is 0 Å². The number of aromatic nitrogens is 2. The Labute approximate surface area is 168 Å². The molecule has 0 fully saturated rings. The lowest BCUT2D eigenvalue weighted by molar-refractivity contribution is 0.0473. The minimum Gasteiger partial charge on any atom is -0.455 e.